The van der Waals surface area contributed by atoms with E-state index < -0.39 is 0 Å². The monoisotopic (exact) mass is 397 g/mol. The van der Waals surface area contributed by atoms with E-state index in [2.05, 4.69) is 33.4 Å². The normalized spacial score (nSPS) is 17.8. The fourth-order valence-corrected chi connectivity index (χ4v) is 4.16. The van der Waals surface area contributed by atoms with E-state index in [4.69, 9.17) is 4.74 Å². The highest BCUT2D eigenvalue weighted by molar-refractivity contribution is 5.74. The molecule has 1 fully saturated rings. The molecule has 7 nitrogen and oxygen atoms in total. The minimum Gasteiger partial charge on any atom is -0.492 e. The summed E-state index contributed by atoms with van der Waals surface area (Å²) in [5, 5.41) is 3.08. The number of nitrogens with one attached hydrogen (secondary N) is 1. The van der Waals surface area contributed by atoms with Crippen LogP contribution in [-0.4, -0.2) is 70.8 Å². The van der Waals surface area contributed by atoms with Crippen molar-refractivity contribution < 1.29 is 9.53 Å². The molecule has 156 valence electrons. The van der Waals surface area contributed by atoms with Crippen LogP contribution in [0.1, 0.15) is 24.5 Å². The quantitative estimate of drug-likeness (QED) is 0.778. The number of urea groups is 1. The third kappa shape index (κ3) is 5.29. The topological polar surface area (TPSA) is 62.6 Å². The van der Waals surface area contributed by atoms with E-state index in [9.17, 15) is 4.79 Å². The van der Waals surface area contributed by atoms with Crippen LogP contribution in [0, 0.1) is 0 Å². The Hall–Kier alpha value is -2.54. The number of nitrogens with zero attached hydrogens (tertiary/aromatic N) is 4. The van der Waals surface area contributed by atoms with Gasteiger partial charge in [-0.05, 0) is 49.4 Å². The minimum atomic E-state index is 0.0201. The number of hydrogen-bond donors (Lipinski definition) is 1. The van der Waals surface area contributed by atoms with Gasteiger partial charge in [0.15, 0.2) is 0 Å². The molecule has 4 rings (SSSR count). The Morgan fingerprint density at radius 2 is 2.03 bits per heavy atom. The van der Waals surface area contributed by atoms with Crippen LogP contribution in [0.4, 0.5) is 4.79 Å². The van der Waals surface area contributed by atoms with Crippen molar-refractivity contribution in [3.63, 3.8) is 0 Å². The Labute approximate surface area is 172 Å². The highest BCUT2D eigenvalue weighted by Gasteiger charge is 2.22. The van der Waals surface area contributed by atoms with Gasteiger partial charge in [-0.3, -0.25) is 4.90 Å². The molecular weight excluding hydrogens is 366 g/mol. The van der Waals surface area contributed by atoms with Crippen LogP contribution in [0.15, 0.2) is 36.9 Å². The summed E-state index contributed by atoms with van der Waals surface area (Å²) < 4.78 is 7.94. The first kappa shape index (κ1) is 19.8. The third-order valence-corrected chi connectivity index (χ3v) is 5.82. The van der Waals surface area contributed by atoms with Crippen LogP contribution in [0.5, 0.6) is 5.75 Å². The third-order valence-electron chi connectivity index (χ3n) is 5.82. The number of carbonyl (C=O) groups excluding carboxylic acids is 1. The molecule has 1 atom stereocenters. The van der Waals surface area contributed by atoms with Gasteiger partial charge >= 0.3 is 6.03 Å². The molecule has 1 aliphatic carbocycles. The van der Waals surface area contributed by atoms with Crippen molar-refractivity contribution in [3.8, 4) is 5.75 Å². The standard InChI is InChI=1S/C22H31N5O2/c1-18(16-26-8-7-23-17-26)24-22(28)27-11-9-25(10-12-27)13-14-29-21-6-5-19-3-2-4-20(19)15-21/h5-8,15,17-18H,2-4,9-14,16H2,1H3,(H,24,28)/t18-/m1/s1. The SMILES string of the molecule is C[C@H](Cn1ccnc1)NC(=O)N1CCN(CCOc2ccc3c(c2)CCC3)CC1. The maximum absolute atomic E-state index is 12.5. The number of rotatable bonds is 7. The summed E-state index contributed by atoms with van der Waals surface area (Å²) in [6.07, 6.45) is 9.08. The van der Waals surface area contributed by atoms with Crippen LogP contribution in [0.3, 0.4) is 0 Å². The molecule has 1 aromatic heterocycles. The number of carbonyl (C=O) groups is 1. The zero-order valence-electron chi connectivity index (χ0n) is 17.2. The Bertz CT molecular complexity index is 800. The molecule has 29 heavy (non-hydrogen) atoms. The Morgan fingerprint density at radius 3 is 2.83 bits per heavy atom. The molecule has 2 heterocycles. The van der Waals surface area contributed by atoms with Gasteiger partial charge in [-0.25, -0.2) is 9.78 Å². The molecule has 1 saturated heterocycles. The van der Waals surface area contributed by atoms with Gasteiger partial charge in [-0.15, -0.1) is 0 Å². The number of imidazole rings is 1. The van der Waals surface area contributed by atoms with Gasteiger partial charge in [0.2, 0.25) is 0 Å². The van der Waals surface area contributed by atoms with Gasteiger partial charge in [0.05, 0.1) is 6.33 Å². The lowest BCUT2D eigenvalue weighted by Gasteiger charge is -2.35. The lowest BCUT2D eigenvalue weighted by molar-refractivity contribution is 0.124. The summed E-state index contributed by atoms with van der Waals surface area (Å²) in [5.41, 5.74) is 2.93. The molecule has 1 aromatic carbocycles. The molecule has 0 saturated carbocycles. The van der Waals surface area contributed by atoms with Crippen LogP contribution < -0.4 is 10.1 Å². The average Bonchev–Trinajstić information content (AvgIpc) is 3.39. The van der Waals surface area contributed by atoms with E-state index >= 15 is 0 Å². The second-order valence-electron chi connectivity index (χ2n) is 8.07. The van der Waals surface area contributed by atoms with Gasteiger partial charge < -0.3 is 19.5 Å². The first-order valence-electron chi connectivity index (χ1n) is 10.7. The lowest BCUT2D eigenvalue weighted by Crippen LogP contribution is -2.54. The zero-order chi connectivity index (χ0) is 20.1. The molecule has 2 aromatic rings. The van der Waals surface area contributed by atoms with Crippen molar-refractivity contribution in [3.05, 3.63) is 48.0 Å². The lowest BCUT2D eigenvalue weighted by atomic mass is 10.1. The summed E-state index contributed by atoms with van der Waals surface area (Å²) in [6, 6.07) is 6.60. The van der Waals surface area contributed by atoms with Gasteiger partial charge in [0, 0.05) is 57.7 Å². The zero-order valence-corrected chi connectivity index (χ0v) is 17.2. The maximum Gasteiger partial charge on any atom is 0.317 e. The smallest absolute Gasteiger partial charge is 0.317 e. The van der Waals surface area contributed by atoms with E-state index in [1.54, 1.807) is 12.5 Å². The molecule has 0 unspecified atom stereocenters. The van der Waals surface area contributed by atoms with Crippen molar-refractivity contribution in [1.29, 1.82) is 0 Å². The first-order valence-corrected chi connectivity index (χ1v) is 10.7. The van der Waals surface area contributed by atoms with E-state index in [0.717, 1.165) is 45.0 Å². The molecule has 7 heteroatoms. The van der Waals surface area contributed by atoms with Gasteiger partial charge in [0.25, 0.3) is 0 Å². The van der Waals surface area contributed by atoms with Crippen LogP contribution in [-0.2, 0) is 19.4 Å². The highest BCUT2D eigenvalue weighted by Crippen LogP contribution is 2.25. The highest BCUT2D eigenvalue weighted by atomic mass is 16.5. The summed E-state index contributed by atoms with van der Waals surface area (Å²) in [5.74, 6) is 0.982. The molecule has 2 amide bonds. The number of hydrogen-bond acceptors (Lipinski definition) is 4. The first-order chi connectivity index (χ1) is 14.2. The van der Waals surface area contributed by atoms with E-state index in [-0.39, 0.29) is 12.1 Å². The van der Waals surface area contributed by atoms with Crippen molar-refractivity contribution in [1.82, 2.24) is 24.7 Å². The molecule has 1 N–H and O–H groups in total. The molecule has 0 bridgehead atoms. The van der Waals surface area contributed by atoms with E-state index in [0.29, 0.717) is 6.61 Å². The number of ether oxygens (including phenoxy) is 1. The summed E-state index contributed by atoms with van der Waals surface area (Å²) in [7, 11) is 0. The van der Waals surface area contributed by atoms with Crippen LogP contribution >= 0.6 is 0 Å². The summed E-state index contributed by atoms with van der Waals surface area (Å²) in [4.78, 5) is 20.8. The second kappa shape index (κ2) is 9.31. The fourth-order valence-electron chi connectivity index (χ4n) is 4.16. The summed E-state index contributed by atoms with van der Waals surface area (Å²) >= 11 is 0. The number of benzene rings is 1. The number of fused-ring (bicyclic) bond motifs is 1. The van der Waals surface area contributed by atoms with Gasteiger partial charge in [-0.2, -0.15) is 0 Å². The number of aromatic nitrogens is 2. The van der Waals surface area contributed by atoms with Gasteiger partial charge in [-0.1, -0.05) is 6.07 Å². The van der Waals surface area contributed by atoms with Crippen molar-refractivity contribution in [2.24, 2.45) is 0 Å². The second-order valence-corrected chi connectivity index (χ2v) is 8.07. The van der Waals surface area contributed by atoms with E-state index in [1.165, 1.54) is 30.4 Å². The molecule has 2 aliphatic rings. The van der Waals surface area contributed by atoms with Crippen molar-refractivity contribution in [2.75, 3.05) is 39.3 Å². The number of piperazine rings is 1. The molecule has 0 spiro atoms. The van der Waals surface area contributed by atoms with Gasteiger partial charge in [0.1, 0.15) is 12.4 Å². The van der Waals surface area contributed by atoms with E-state index in [1.807, 2.05) is 22.6 Å². The largest absolute Gasteiger partial charge is 0.492 e. The Morgan fingerprint density at radius 1 is 1.21 bits per heavy atom. The van der Waals surface area contributed by atoms with Crippen molar-refractivity contribution in [2.45, 2.75) is 38.8 Å². The fraction of sp³-hybridized carbons (Fsp3) is 0.545. The maximum atomic E-state index is 12.5. The van der Waals surface area contributed by atoms with Crippen molar-refractivity contribution >= 4 is 6.03 Å². The number of aryl methyl sites for hydroxylation is 2. The minimum absolute atomic E-state index is 0.0201. The van der Waals surface area contributed by atoms with Crippen LogP contribution in [0.25, 0.3) is 0 Å². The molecular formula is C22H31N5O2. The Balaban J connectivity index is 1.14. The summed E-state index contributed by atoms with van der Waals surface area (Å²) in [6.45, 7) is 7.60. The number of amides is 2. The molecule has 0 radical (unpaired) electrons. The average molecular weight is 398 g/mol. The predicted octanol–water partition coefficient (Wildman–Crippen LogP) is 2.17. The predicted molar refractivity (Wildman–Crippen MR) is 112 cm³/mol. The van der Waals surface area contributed by atoms with Crippen LogP contribution in [0.2, 0.25) is 0 Å². The molecule has 1 aliphatic heterocycles. The Kier molecular flexibility index (Phi) is 6.34.